The predicted molar refractivity (Wildman–Crippen MR) is 107 cm³/mol. The average molecular weight is 374 g/mol. The van der Waals surface area contributed by atoms with Crippen molar-refractivity contribution in [2.45, 2.75) is 57.6 Å². The zero-order valence-corrected chi connectivity index (χ0v) is 16.9. The molecule has 0 spiro atoms. The number of anilines is 1. The molecule has 2 aromatic rings. The Balaban J connectivity index is 1.67. The quantitative estimate of drug-likeness (QED) is 0.837. The zero-order valence-electron chi connectivity index (χ0n) is 16.1. The SMILES string of the molecule is CC(C)c1ccc(OCC(=O)Nc2c3c(nn2C(C)(C)C)CSC3)cc1. The van der Waals surface area contributed by atoms with Gasteiger partial charge in [-0.3, -0.25) is 4.79 Å². The van der Waals surface area contributed by atoms with E-state index in [1.807, 2.05) is 40.7 Å². The van der Waals surface area contributed by atoms with Crippen molar-refractivity contribution >= 4 is 23.5 Å². The molecule has 0 unspecified atom stereocenters. The van der Waals surface area contributed by atoms with Crippen LogP contribution in [0.1, 0.15) is 57.4 Å². The molecule has 1 N–H and O–H groups in total. The molecule has 1 aliphatic heterocycles. The molecule has 0 fully saturated rings. The number of carbonyl (C=O) groups excluding carboxylic acids is 1. The van der Waals surface area contributed by atoms with Crippen molar-refractivity contribution in [2.24, 2.45) is 0 Å². The Morgan fingerprint density at radius 3 is 2.58 bits per heavy atom. The molecule has 26 heavy (non-hydrogen) atoms. The molecular formula is C20H27N3O2S. The summed E-state index contributed by atoms with van der Waals surface area (Å²) in [5.41, 5.74) is 3.28. The third kappa shape index (κ3) is 4.06. The van der Waals surface area contributed by atoms with Gasteiger partial charge in [-0.05, 0) is 44.4 Å². The van der Waals surface area contributed by atoms with Crippen LogP contribution in [0.15, 0.2) is 24.3 Å². The van der Waals surface area contributed by atoms with E-state index < -0.39 is 0 Å². The van der Waals surface area contributed by atoms with Crippen LogP contribution >= 0.6 is 11.8 Å². The highest BCUT2D eigenvalue weighted by Gasteiger charge is 2.28. The van der Waals surface area contributed by atoms with Gasteiger partial charge in [-0.1, -0.05) is 26.0 Å². The van der Waals surface area contributed by atoms with Crippen LogP contribution in [0, 0.1) is 0 Å². The maximum absolute atomic E-state index is 12.5. The number of rotatable bonds is 5. The number of benzene rings is 1. The molecule has 140 valence electrons. The first kappa shape index (κ1) is 18.8. The highest BCUT2D eigenvalue weighted by molar-refractivity contribution is 7.98. The number of nitrogens with one attached hydrogen (secondary N) is 1. The van der Waals surface area contributed by atoms with Crippen LogP contribution in [-0.2, 0) is 21.8 Å². The van der Waals surface area contributed by atoms with Crippen molar-refractivity contribution in [3.63, 3.8) is 0 Å². The largest absolute Gasteiger partial charge is 0.484 e. The van der Waals surface area contributed by atoms with Crippen LogP contribution < -0.4 is 10.1 Å². The first-order valence-corrected chi connectivity index (χ1v) is 10.1. The number of aromatic nitrogens is 2. The van der Waals surface area contributed by atoms with Crippen LogP contribution in [0.3, 0.4) is 0 Å². The summed E-state index contributed by atoms with van der Waals surface area (Å²) in [6.07, 6.45) is 0. The molecule has 0 radical (unpaired) electrons. The van der Waals surface area contributed by atoms with Crippen molar-refractivity contribution < 1.29 is 9.53 Å². The maximum atomic E-state index is 12.5. The lowest BCUT2D eigenvalue weighted by atomic mass is 10.0. The number of hydrogen-bond acceptors (Lipinski definition) is 4. The van der Waals surface area contributed by atoms with E-state index in [4.69, 9.17) is 9.84 Å². The summed E-state index contributed by atoms with van der Waals surface area (Å²) in [4.78, 5) is 12.5. The van der Waals surface area contributed by atoms with Crippen molar-refractivity contribution in [3.05, 3.63) is 41.1 Å². The minimum Gasteiger partial charge on any atom is -0.484 e. The highest BCUT2D eigenvalue weighted by atomic mass is 32.2. The minimum atomic E-state index is -0.189. The van der Waals surface area contributed by atoms with Gasteiger partial charge in [-0.2, -0.15) is 16.9 Å². The standard InChI is InChI=1S/C20H27N3O2S/c1-13(2)14-6-8-15(9-7-14)25-10-18(24)21-19-16-11-26-12-17(16)22-23(19)20(3,4)5/h6-9,13H,10-12H2,1-5H3,(H,21,24). The molecule has 0 aliphatic carbocycles. The molecule has 0 saturated heterocycles. The van der Waals surface area contributed by atoms with E-state index in [-0.39, 0.29) is 18.1 Å². The molecule has 1 aliphatic rings. The Kier molecular flexibility index (Phi) is 5.32. The Morgan fingerprint density at radius 1 is 1.27 bits per heavy atom. The van der Waals surface area contributed by atoms with E-state index in [2.05, 4.69) is 39.9 Å². The lowest BCUT2D eigenvalue weighted by Gasteiger charge is -2.23. The highest BCUT2D eigenvalue weighted by Crippen LogP contribution is 2.37. The van der Waals surface area contributed by atoms with Crippen LogP contribution in [0.2, 0.25) is 0 Å². The van der Waals surface area contributed by atoms with E-state index in [1.165, 1.54) is 5.56 Å². The van der Waals surface area contributed by atoms with Crippen LogP contribution in [0.5, 0.6) is 5.75 Å². The van der Waals surface area contributed by atoms with E-state index in [0.29, 0.717) is 11.7 Å². The fourth-order valence-electron chi connectivity index (χ4n) is 2.89. The first-order chi connectivity index (χ1) is 12.3. The van der Waals surface area contributed by atoms with Gasteiger partial charge in [0, 0.05) is 17.1 Å². The number of fused-ring (bicyclic) bond motifs is 1. The van der Waals surface area contributed by atoms with Gasteiger partial charge in [0.25, 0.3) is 5.91 Å². The normalized spacial score (nSPS) is 13.8. The van der Waals surface area contributed by atoms with Crippen LogP contribution in [0.4, 0.5) is 5.82 Å². The van der Waals surface area contributed by atoms with Gasteiger partial charge < -0.3 is 10.1 Å². The summed E-state index contributed by atoms with van der Waals surface area (Å²) >= 11 is 1.83. The lowest BCUT2D eigenvalue weighted by molar-refractivity contribution is -0.118. The summed E-state index contributed by atoms with van der Waals surface area (Å²) in [5, 5.41) is 7.72. The van der Waals surface area contributed by atoms with E-state index >= 15 is 0 Å². The Morgan fingerprint density at radius 2 is 1.96 bits per heavy atom. The first-order valence-electron chi connectivity index (χ1n) is 8.97. The molecule has 0 atom stereocenters. The second-order valence-electron chi connectivity index (χ2n) is 7.91. The van der Waals surface area contributed by atoms with Crippen molar-refractivity contribution in [1.29, 1.82) is 0 Å². The second kappa shape index (κ2) is 7.35. The number of ether oxygens (including phenoxy) is 1. The zero-order chi connectivity index (χ0) is 18.9. The topological polar surface area (TPSA) is 56.1 Å². The third-order valence-corrected chi connectivity index (χ3v) is 5.33. The number of thioether (sulfide) groups is 1. The Bertz CT molecular complexity index is 789. The second-order valence-corrected chi connectivity index (χ2v) is 8.90. The van der Waals surface area contributed by atoms with Gasteiger partial charge in [0.2, 0.25) is 0 Å². The molecule has 3 rings (SSSR count). The molecular weight excluding hydrogens is 346 g/mol. The summed E-state index contributed by atoms with van der Waals surface area (Å²) in [7, 11) is 0. The maximum Gasteiger partial charge on any atom is 0.263 e. The average Bonchev–Trinajstić information content (AvgIpc) is 3.15. The third-order valence-electron chi connectivity index (χ3n) is 4.36. The Labute approximate surface area is 159 Å². The van der Waals surface area contributed by atoms with E-state index in [0.717, 1.165) is 28.6 Å². The molecule has 1 aromatic heterocycles. The molecule has 1 aromatic carbocycles. The predicted octanol–water partition coefficient (Wildman–Crippen LogP) is 4.53. The van der Waals surface area contributed by atoms with Crippen LogP contribution in [-0.4, -0.2) is 22.3 Å². The molecule has 2 heterocycles. The van der Waals surface area contributed by atoms with Crippen LogP contribution in [0.25, 0.3) is 0 Å². The number of nitrogens with zero attached hydrogens (tertiary/aromatic N) is 2. The van der Waals surface area contributed by atoms with E-state index in [1.54, 1.807) is 0 Å². The van der Waals surface area contributed by atoms with Gasteiger partial charge in [-0.15, -0.1) is 0 Å². The van der Waals surface area contributed by atoms with Gasteiger partial charge in [0.05, 0.1) is 11.2 Å². The van der Waals surface area contributed by atoms with Crippen molar-refractivity contribution in [3.8, 4) is 5.75 Å². The monoisotopic (exact) mass is 373 g/mol. The van der Waals surface area contributed by atoms with Gasteiger partial charge in [0.1, 0.15) is 11.6 Å². The Hall–Kier alpha value is -1.95. The lowest BCUT2D eigenvalue weighted by Crippen LogP contribution is -2.29. The molecule has 0 bridgehead atoms. The molecule has 0 saturated carbocycles. The van der Waals surface area contributed by atoms with E-state index in [9.17, 15) is 4.79 Å². The summed E-state index contributed by atoms with van der Waals surface area (Å²) in [6.45, 7) is 10.6. The molecule has 6 heteroatoms. The van der Waals surface area contributed by atoms with Crippen molar-refractivity contribution in [2.75, 3.05) is 11.9 Å². The van der Waals surface area contributed by atoms with Gasteiger partial charge >= 0.3 is 0 Å². The number of hydrogen-bond donors (Lipinski definition) is 1. The number of carbonyl (C=O) groups is 1. The summed E-state index contributed by atoms with van der Waals surface area (Å²) in [6, 6.07) is 7.90. The molecule has 1 amide bonds. The smallest absolute Gasteiger partial charge is 0.263 e. The minimum absolute atomic E-state index is 0.0156. The fraction of sp³-hybridized carbons (Fsp3) is 0.500. The molecule has 5 nitrogen and oxygen atoms in total. The van der Waals surface area contributed by atoms with Gasteiger partial charge in [0.15, 0.2) is 6.61 Å². The number of amides is 1. The van der Waals surface area contributed by atoms with Gasteiger partial charge in [-0.25, -0.2) is 4.68 Å². The fourth-order valence-corrected chi connectivity index (χ4v) is 3.93. The van der Waals surface area contributed by atoms with Crippen molar-refractivity contribution in [1.82, 2.24) is 9.78 Å². The summed E-state index contributed by atoms with van der Waals surface area (Å²) < 4.78 is 7.57. The summed E-state index contributed by atoms with van der Waals surface area (Å²) in [5.74, 6) is 3.61.